The molecule has 0 saturated heterocycles. The molecule has 1 fully saturated rings. The Kier molecular flexibility index (Phi) is 3.55. The molecule has 24 heavy (non-hydrogen) atoms. The molecule has 1 aromatic heterocycles. The Balaban J connectivity index is 1.59. The van der Waals surface area contributed by atoms with Crippen LogP contribution in [0.25, 0.3) is 11.3 Å². The zero-order chi connectivity index (χ0) is 16.7. The maximum Gasteiger partial charge on any atom is 0.249 e. The number of hydrogen-bond donors (Lipinski definition) is 0. The summed E-state index contributed by atoms with van der Waals surface area (Å²) in [6.45, 7) is 0.917. The molecule has 1 amide bonds. The van der Waals surface area contributed by atoms with E-state index >= 15 is 0 Å². The summed E-state index contributed by atoms with van der Waals surface area (Å²) < 4.78 is 26.1. The standard InChI is InChI=1S/C18H17F2N3O/c19-18(20)8-13(9-18)17(24)23-7-6-15-14(10-23)16(22-11-21-15)12-4-2-1-3-5-12/h1-5,11,13H,6-10H2. The SMILES string of the molecule is O=C(C1CC(F)(F)C1)N1CCc2ncnc(-c3ccccc3)c2C1. The van der Waals surface area contributed by atoms with E-state index in [-0.39, 0.29) is 18.7 Å². The Labute approximate surface area is 138 Å². The minimum Gasteiger partial charge on any atom is -0.338 e. The average Bonchev–Trinajstić information content (AvgIpc) is 2.58. The van der Waals surface area contributed by atoms with Crippen LogP contribution in [-0.4, -0.2) is 33.2 Å². The van der Waals surface area contributed by atoms with Crippen LogP contribution in [0.2, 0.25) is 0 Å². The molecule has 0 bridgehead atoms. The highest BCUT2D eigenvalue weighted by Gasteiger charge is 2.50. The van der Waals surface area contributed by atoms with Gasteiger partial charge in [-0.05, 0) is 0 Å². The number of carbonyl (C=O) groups is 1. The molecular formula is C18H17F2N3O. The van der Waals surface area contributed by atoms with Gasteiger partial charge in [0.15, 0.2) is 0 Å². The molecule has 0 unspecified atom stereocenters. The van der Waals surface area contributed by atoms with Gasteiger partial charge in [0.1, 0.15) is 6.33 Å². The summed E-state index contributed by atoms with van der Waals surface area (Å²) in [5.74, 6) is -3.40. The molecule has 1 aliphatic carbocycles. The van der Waals surface area contributed by atoms with Gasteiger partial charge in [0.25, 0.3) is 0 Å². The molecule has 1 aliphatic heterocycles. The fraction of sp³-hybridized carbons (Fsp3) is 0.389. The molecular weight excluding hydrogens is 312 g/mol. The van der Waals surface area contributed by atoms with Crippen molar-refractivity contribution in [1.29, 1.82) is 0 Å². The lowest BCUT2D eigenvalue weighted by Crippen LogP contribution is -2.48. The summed E-state index contributed by atoms with van der Waals surface area (Å²) in [6.07, 6.45) is 1.52. The first-order valence-electron chi connectivity index (χ1n) is 8.08. The summed E-state index contributed by atoms with van der Waals surface area (Å²) in [5, 5.41) is 0. The van der Waals surface area contributed by atoms with Crippen LogP contribution in [0.5, 0.6) is 0 Å². The molecule has 1 aromatic carbocycles. The average molecular weight is 329 g/mol. The smallest absolute Gasteiger partial charge is 0.249 e. The molecule has 2 aliphatic rings. The number of carbonyl (C=O) groups excluding carboxylic acids is 1. The molecule has 0 N–H and O–H groups in total. The second kappa shape index (κ2) is 5.61. The first kappa shape index (κ1) is 15.2. The fourth-order valence-electron chi connectivity index (χ4n) is 3.47. The van der Waals surface area contributed by atoms with Crippen molar-refractivity contribution in [3.63, 3.8) is 0 Å². The van der Waals surface area contributed by atoms with Gasteiger partial charge in [0.2, 0.25) is 11.8 Å². The Bertz CT molecular complexity index is 771. The van der Waals surface area contributed by atoms with Crippen LogP contribution in [0.1, 0.15) is 24.1 Å². The number of halogens is 2. The van der Waals surface area contributed by atoms with E-state index < -0.39 is 11.8 Å². The van der Waals surface area contributed by atoms with Gasteiger partial charge in [-0.2, -0.15) is 0 Å². The second-order valence-electron chi connectivity index (χ2n) is 6.48. The lowest BCUT2D eigenvalue weighted by molar-refractivity contribution is -0.160. The van der Waals surface area contributed by atoms with E-state index in [0.717, 1.165) is 22.5 Å². The number of benzene rings is 1. The van der Waals surface area contributed by atoms with Crippen LogP contribution < -0.4 is 0 Å². The normalized spacial score (nSPS) is 19.5. The molecule has 2 aromatic rings. The number of nitrogens with zero attached hydrogens (tertiary/aromatic N) is 3. The highest BCUT2D eigenvalue weighted by atomic mass is 19.3. The highest BCUT2D eigenvalue weighted by Crippen LogP contribution is 2.43. The van der Waals surface area contributed by atoms with E-state index in [1.807, 2.05) is 30.3 Å². The van der Waals surface area contributed by atoms with E-state index in [2.05, 4.69) is 9.97 Å². The first-order valence-corrected chi connectivity index (χ1v) is 8.08. The van der Waals surface area contributed by atoms with Crippen molar-refractivity contribution in [3.8, 4) is 11.3 Å². The predicted molar refractivity (Wildman–Crippen MR) is 84.3 cm³/mol. The maximum absolute atomic E-state index is 13.0. The number of rotatable bonds is 2. The zero-order valence-corrected chi connectivity index (χ0v) is 13.1. The van der Waals surface area contributed by atoms with Crippen LogP contribution in [0.15, 0.2) is 36.7 Å². The first-order chi connectivity index (χ1) is 11.5. The number of hydrogen-bond acceptors (Lipinski definition) is 3. The molecule has 0 spiro atoms. The summed E-state index contributed by atoms with van der Waals surface area (Å²) in [6, 6.07) is 9.74. The number of amides is 1. The molecule has 1 saturated carbocycles. The van der Waals surface area contributed by atoms with Crippen LogP contribution in [0.4, 0.5) is 8.78 Å². The van der Waals surface area contributed by atoms with E-state index in [1.165, 1.54) is 0 Å². The topological polar surface area (TPSA) is 46.1 Å². The van der Waals surface area contributed by atoms with Gasteiger partial charge in [-0.25, -0.2) is 18.7 Å². The largest absolute Gasteiger partial charge is 0.338 e. The van der Waals surface area contributed by atoms with E-state index in [4.69, 9.17) is 0 Å². The van der Waals surface area contributed by atoms with Gasteiger partial charge in [-0.15, -0.1) is 0 Å². The van der Waals surface area contributed by atoms with E-state index in [0.29, 0.717) is 19.5 Å². The third kappa shape index (κ3) is 2.66. The quantitative estimate of drug-likeness (QED) is 0.851. The fourth-order valence-corrected chi connectivity index (χ4v) is 3.47. The van der Waals surface area contributed by atoms with Gasteiger partial charge in [-0.3, -0.25) is 4.79 Å². The molecule has 2 heterocycles. The maximum atomic E-state index is 13.0. The number of alkyl halides is 2. The van der Waals surface area contributed by atoms with Crippen LogP contribution in [0.3, 0.4) is 0 Å². The van der Waals surface area contributed by atoms with Crippen LogP contribution in [-0.2, 0) is 17.8 Å². The summed E-state index contributed by atoms with van der Waals surface area (Å²) in [7, 11) is 0. The predicted octanol–water partition coefficient (Wildman–Crippen LogP) is 3.07. The molecule has 0 atom stereocenters. The minimum atomic E-state index is -2.67. The number of aromatic nitrogens is 2. The van der Waals surface area contributed by atoms with Crippen LogP contribution >= 0.6 is 0 Å². The van der Waals surface area contributed by atoms with Gasteiger partial charge >= 0.3 is 0 Å². The van der Waals surface area contributed by atoms with Crippen molar-refractivity contribution in [2.75, 3.05) is 6.54 Å². The van der Waals surface area contributed by atoms with Gasteiger partial charge in [0, 0.05) is 49.4 Å². The van der Waals surface area contributed by atoms with Crippen molar-refractivity contribution in [2.45, 2.75) is 31.7 Å². The Hall–Kier alpha value is -2.37. The van der Waals surface area contributed by atoms with Gasteiger partial charge in [0.05, 0.1) is 11.4 Å². The third-order valence-corrected chi connectivity index (χ3v) is 4.80. The molecule has 4 rings (SSSR count). The Morgan fingerprint density at radius 1 is 1.17 bits per heavy atom. The molecule has 4 nitrogen and oxygen atoms in total. The van der Waals surface area contributed by atoms with Crippen molar-refractivity contribution < 1.29 is 13.6 Å². The number of fused-ring (bicyclic) bond motifs is 1. The molecule has 0 radical (unpaired) electrons. The Morgan fingerprint density at radius 3 is 2.62 bits per heavy atom. The van der Waals surface area contributed by atoms with E-state index in [9.17, 15) is 13.6 Å². The van der Waals surface area contributed by atoms with Crippen molar-refractivity contribution in [1.82, 2.24) is 14.9 Å². The lowest BCUT2D eigenvalue weighted by Gasteiger charge is -2.38. The molecule has 6 heteroatoms. The van der Waals surface area contributed by atoms with Crippen molar-refractivity contribution in [2.24, 2.45) is 5.92 Å². The molecule has 124 valence electrons. The third-order valence-electron chi connectivity index (χ3n) is 4.80. The van der Waals surface area contributed by atoms with Gasteiger partial charge < -0.3 is 4.90 Å². The summed E-state index contributed by atoms with van der Waals surface area (Å²) >= 11 is 0. The van der Waals surface area contributed by atoms with Crippen LogP contribution in [0, 0.1) is 5.92 Å². The monoisotopic (exact) mass is 329 g/mol. The minimum absolute atomic E-state index is 0.172. The Morgan fingerprint density at radius 2 is 1.92 bits per heavy atom. The zero-order valence-electron chi connectivity index (χ0n) is 13.1. The van der Waals surface area contributed by atoms with E-state index in [1.54, 1.807) is 11.2 Å². The van der Waals surface area contributed by atoms with Crippen molar-refractivity contribution >= 4 is 5.91 Å². The summed E-state index contributed by atoms with van der Waals surface area (Å²) in [4.78, 5) is 22.9. The second-order valence-corrected chi connectivity index (χ2v) is 6.48. The highest BCUT2D eigenvalue weighted by molar-refractivity contribution is 5.80. The van der Waals surface area contributed by atoms with Gasteiger partial charge in [-0.1, -0.05) is 30.3 Å². The summed E-state index contributed by atoms with van der Waals surface area (Å²) in [5.41, 5.74) is 3.65. The lowest BCUT2D eigenvalue weighted by atomic mass is 9.80. The van der Waals surface area contributed by atoms with Crippen molar-refractivity contribution in [3.05, 3.63) is 47.9 Å².